The molecule has 0 spiro atoms. The van der Waals surface area contributed by atoms with Crippen molar-refractivity contribution in [3.8, 4) is 0 Å². The lowest BCUT2D eigenvalue weighted by molar-refractivity contribution is -0.124. The van der Waals surface area contributed by atoms with Crippen LogP contribution >= 0.6 is 23.5 Å². The van der Waals surface area contributed by atoms with Gasteiger partial charge in [0.15, 0.2) is 0 Å². The summed E-state index contributed by atoms with van der Waals surface area (Å²) in [5.74, 6) is 3.51. The molecular weight excluding hydrogens is 348 g/mol. The van der Waals surface area contributed by atoms with Crippen LogP contribution in [-0.2, 0) is 9.59 Å². The van der Waals surface area contributed by atoms with Gasteiger partial charge in [-0.15, -0.1) is 23.5 Å². The monoisotopic (exact) mass is 384 g/mol. The summed E-state index contributed by atoms with van der Waals surface area (Å²) in [7, 11) is 0. The summed E-state index contributed by atoms with van der Waals surface area (Å²) < 4.78 is 0.0969. The second kappa shape index (κ2) is 11.0. The molecular formula is C21H36O2S2. The Morgan fingerprint density at radius 2 is 1.08 bits per heavy atom. The maximum Gasteiger partial charge on any atom is 0.136 e. The van der Waals surface area contributed by atoms with Crippen LogP contribution in [0.5, 0.6) is 0 Å². The number of carbonyl (C=O) groups is 2. The normalized spacial score (nSPS) is 20.6. The van der Waals surface area contributed by atoms with Crippen molar-refractivity contribution in [2.45, 2.75) is 95.0 Å². The zero-order chi connectivity index (χ0) is 18.1. The lowest BCUT2D eigenvalue weighted by Gasteiger charge is -2.25. The Kier molecular flexibility index (Phi) is 9.40. The van der Waals surface area contributed by atoms with Gasteiger partial charge in [-0.25, -0.2) is 0 Å². The van der Waals surface area contributed by atoms with Crippen molar-refractivity contribution in [1.82, 2.24) is 0 Å². The van der Waals surface area contributed by atoms with Crippen molar-refractivity contribution < 1.29 is 9.59 Å². The summed E-state index contributed by atoms with van der Waals surface area (Å²) >= 11 is 3.78. The van der Waals surface area contributed by atoms with E-state index >= 15 is 0 Å². The minimum Gasteiger partial charge on any atom is -0.299 e. The maximum absolute atomic E-state index is 12.3. The SMILES string of the molecule is CC(C)(SCCC(=O)C1CCCCC1)SCCC(=O)C1CCCCC1. The fourth-order valence-corrected chi connectivity index (χ4v) is 6.52. The van der Waals surface area contributed by atoms with E-state index in [2.05, 4.69) is 13.8 Å². The van der Waals surface area contributed by atoms with E-state index in [9.17, 15) is 9.59 Å². The van der Waals surface area contributed by atoms with Gasteiger partial charge >= 0.3 is 0 Å². The molecule has 0 aliphatic heterocycles. The molecule has 0 saturated heterocycles. The predicted octanol–water partition coefficient (Wildman–Crippen LogP) is 6.27. The Morgan fingerprint density at radius 3 is 1.44 bits per heavy atom. The van der Waals surface area contributed by atoms with Gasteiger partial charge in [-0.3, -0.25) is 9.59 Å². The van der Waals surface area contributed by atoms with Crippen LogP contribution in [0.25, 0.3) is 0 Å². The average molecular weight is 385 g/mol. The molecule has 0 unspecified atom stereocenters. The summed E-state index contributed by atoms with van der Waals surface area (Å²) in [4.78, 5) is 24.6. The molecule has 4 heteroatoms. The van der Waals surface area contributed by atoms with Crippen LogP contribution in [-0.4, -0.2) is 27.2 Å². The van der Waals surface area contributed by atoms with E-state index < -0.39 is 0 Å². The first-order valence-electron chi connectivity index (χ1n) is 10.3. The molecule has 0 N–H and O–H groups in total. The second-order valence-corrected chi connectivity index (χ2v) is 11.9. The van der Waals surface area contributed by atoms with Crippen LogP contribution in [0.3, 0.4) is 0 Å². The zero-order valence-electron chi connectivity index (χ0n) is 16.2. The topological polar surface area (TPSA) is 34.1 Å². The van der Waals surface area contributed by atoms with Gasteiger partial charge in [0.25, 0.3) is 0 Å². The molecule has 2 saturated carbocycles. The maximum atomic E-state index is 12.3. The van der Waals surface area contributed by atoms with E-state index in [-0.39, 0.29) is 4.08 Å². The van der Waals surface area contributed by atoms with E-state index in [0.29, 0.717) is 23.4 Å². The van der Waals surface area contributed by atoms with Crippen molar-refractivity contribution in [2.75, 3.05) is 11.5 Å². The fraction of sp³-hybridized carbons (Fsp3) is 0.905. The van der Waals surface area contributed by atoms with Gasteiger partial charge in [-0.05, 0) is 39.5 Å². The van der Waals surface area contributed by atoms with Crippen molar-refractivity contribution in [1.29, 1.82) is 0 Å². The van der Waals surface area contributed by atoms with E-state index in [4.69, 9.17) is 0 Å². The van der Waals surface area contributed by atoms with Crippen LogP contribution in [0, 0.1) is 11.8 Å². The van der Waals surface area contributed by atoms with Crippen molar-refractivity contribution in [3.63, 3.8) is 0 Å². The highest BCUT2D eigenvalue weighted by Gasteiger charge is 2.25. The number of thioether (sulfide) groups is 2. The summed E-state index contributed by atoms with van der Waals surface area (Å²) in [6, 6.07) is 0. The molecule has 0 aromatic carbocycles. The minimum atomic E-state index is 0.0969. The summed E-state index contributed by atoms with van der Waals surface area (Å²) in [6.07, 6.45) is 13.5. The first-order chi connectivity index (χ1) is 12.0. The molecule has 2 aliphatic carbocycles. The van der Waals surface area contributed by atoms with Gasteiger partial charge in [0.2, 0.25) is 0 Å². The Balaban J connectivity index is 1.58. The Morgan fingerprint density at radius 1 is 0.720 bits per heavy atom. The molecule has 0 heterocycles. The molecule has 2 nitrogen and oxygen atoms in total. The van der Waals surface area contributed by atoms with Crippen molar-refractivity contribution >= 4 is 35.1 Å². The largest absolute Gasteiger partial charge is 0.299 e. The second-order valence-electron chi connectivity index (χ2n) is 8.20. The number of rotatable bonds is 10. The van der Waals surface area contributed by atoms with Gasteiger partial charge < -0.3 is 0 Å². The third-order valence-electron chi connectivity index (χ3n) is 5.72. The van der Waals surface area contributed by atoms with Crippen LogP contribution in [0.15, 0.2) is 0 Å². The molecule has 144 valence electrons. The van der Waals surface area contributed by atoms with Gasteiger partial charge in [-0.1, -0.05) is 38.5 Å². The van der Waals surface area contributed by atoms with Crippen molar-refractivity contribution in [2.24, 2.45) is 11.8 Å². The number of hydrogen-bond acceptors (Lipinski definition) is 4. The summed E-state index contributed by atoms with van der Waals surface area (Å²) in [5.41, 5.74) is 0. The van der Waals surface area contributed by atoms with Crippen LogP contribution in [0.2, 0.25) is 0 Å². The summed E-state index contributed by atoms with van der Waals surface area (Å²) in [5, 5.41) is 0. The minimum absolute atomic E-state index is 0.0969. The Labute approximate surface area is 163 Å². The van der Waals surface area contributed by atoms with Gasteiger partial charge in [0.1, 0.15) is 11.6 Å². The molecule has 0 aromatic heterocycles. The first kappa shape index (κ1) is 21.3. The third kappa shape index (κ3) is 8.07. The zero-order valence-corrected chi connectivity index (χ0v) is 17.8. The first-order valence-corrected chi connectivity index (χ1v) is 12.3. The van der Waals surface area contributed by atoms with E-state index in [1.807, 2.05) is 23.5 Å². The van der Waals surface area contributed by atoms with E-state index in [1.165, 1.54) is 38.5 Å². The van der Waals surface area contributed by atoms with Gasteiger partial charge in [0.05, 0.1) is 4.08 Å². The number of carbonyl (C=O) groups excluding carboxylic acids is 2. The molecule has 0 radical (unpaired) electrons. The van der Waals surface area contributed by atoms with E-state index in [1.54, 1.807) is 0 Å². The average Bonchev–Trinajstić information content (AvgIpc) is 2.62. The molecule has 2 aliphatic rings. The molecule has 0 aromatic rings. The number of hydrogen-bond donors (Lipinski definition) is 0. The smallest absolute Gasteiger partial charge is 0.136 e. The fourth-order valence-electron chi connectivity index (χ4n) is 4.09. The van der Waals surface area contributed by atoms with Crippen LogP contribution < -0.4 is 0 Å². The Bertz CT molecular complexity index is 384. The molecule has 0 amide bonds. The molecule has 25 heavy (non-hydrogen) atoms. The Hall–Kier alpha value is 0.0400. The third-order valence-corrected chi connectivity index (χ3v) is 8.63. The highest BCUT2D eigenvalue weighted by atomic mass is 32.2. The number of Topliss-reactive ketones (excluding diaryl/α,β-unsaturated/α-hetero) is 2. The van der Waals surface area contributed by atoms with Gasteiger partial charge in [-0.2, -0.15) is 0 Å². The van der Waals surface area contributed by atoms with E-state index in [0.717, 1.165) is 50.0 Å². The molecule has 2 rings (SSSR count). The summed E-state index contributed by atoms with van der Waals surface area (Å²) in [6.45, 7) is 4.47. The highest BCUT2D eigenvalue weighted by Crippen LogP contribution is 2.38. The number of ketones is 2. The predicted molar refractivity (Wildman–Crippen MR) is 111 cm³/mol. The molecule has 0 atom stereocenters. The van der Waals surface area contributed by atoms with Gasteiger partial charge in [0, 0.05) is 36.2 Å². The molecule has 2 fully saturated rings. The van der Waals surface area contributed by atoms with Crippen LogP contribution in [0.1, 0.15) is 90.9 Å². The quantitative estimate of drug-likeness (QED) is 0.416. The highest BCUT2D eigenvalue weighted by molar-refractivity contribution is 8.18. The van der Waals surface area contributed by atoms with Crippen molar-refractivity contribution in [3.05, 3.63) is 0 Å². The molecule has 0 bridgehead atoms. The van der Waals surface area contributed by atoms with Crippen LogP contribution in [0.4, 0.5) is 0 Å². The lowest BCUT2D eigenvalue weighted by Crippen LogP contribution is -2.20. The standard InChI is InChI=1S/C21H36O2S2/c1-21(2,24-15-13-19(22)17-9-5-3-6-10-17)25-16-14-20(23)18-11-7-4-8-12-18/h17-18H,3-16H2,1-2H3. The lowest BCUT2D eigenvalue weighted by atomic mass is 9.85.